The van der Waals surface area contributed by atoms with Gasteiger partial charge >= 0.3 is 0 Å². The van der Waals surface area contributed by atoms with E-state index in [1.54, 1.807) is 13.2 Å². The third-order valence-corrected chi connectivity index (χ3v) is 2.68. The second kappa shape index (κ2) is 5.21. The maximum absolute atomic E-state index is 11.8. The molecular weight excluding hydrogens is 202 g/mol. The highest BCUT2D eigenvalue weighted by molar-refractivity contribution is 5.94. The molecule has 0 aliphatic heterocycles. The standard InChI is InChI=1S/C13H19NO2/c1-10-6-5-7-11(14-10)12(15)8-9-13(2,3)16-4/h5-7H,8-9H2,1-4H3. The van der Waals surface area contributed by atoms with Crippen molar-refractivity contribution in [2.75, 3.05) is 7.11 Å². The molecule has 1 aromatic heterocycles. The minimum atomic E-state index is -0.251. The molecule has 16 heavy (non-hydrogen) atoms. The maximum Gasteiger partial charge on any atom is 0.181 e. The van der Waals surface area contributed by atoms with E-state index < -0.39 is 0 Å². The predicted octanol–water partition coefficient (Wildman–Crippen LogP) is 2.78. The third-order valence-electron chi connectivity index (χ3n) is 2.68. The van der Waals surface area contributed by atoms with E-state index in [2.05, 4.69) is 4.98 Å². The molecule has 0 aliphatic carbocycles. The molecule has 0 amide bonds. The molecule has 1 heterocycles. The minimum absolute atomic E-state index is 0.0776. The molecule has 3 heteroatoms. The summed E-state index contributed by atoms with van der Waals surface area (Å²) in [5.41, 5.74) is 1.17. The molecule has 0 aliphatic rings. The minimum Gasteiger partial charge on any atom is -0.379 e. The number of hydrogen-bond donors (Lipinski definition) is 0. The number of nitrogens with zero attached hydrogens (tertiary/aromatic N) is 1. The van der Waals surface area contributed by atoms with Crippen molar-refractivity contribution in [3.05, 3.63) is 29.6 Å². The molecule has 0 radical (unpaired) electrons. The second-order valence-corrected chi connectivity index (χ2v) is 4.55. The zero-order valence-electron chi connectivity index (χ0n) is 10.4. The Kier molecular flexibility index (Phi) is 4.19. The van der Waals surface area contributed by atoms with Gasteiger partial charge in [-0.25, -0.2) is 0 Å². The van der Waals surface area contributed by atoms with Crippen LogP contribution in [0.25, 0.3) is 0 Å². The molecule has 1 aromatic rings. The van der Waals surface area contributed by atoms with Gasteiger partial charge in [-0.05, 0) is 39.3 Å². The van der Waals surface area contributed by atoms with E-state index in [1.165, 1.54) is 0 Å². The van der Waals surface area contributed by atoms with E-state index in [1.807, 2.05) is 32.9 Å². The summed E-state index contributed by atoms with van der Waals surface area (Å²) in [6.07, 6.45) is 1.18. The molecule has 0 unspecified atom stereocenters. The first-order chi connectivity index (χ1) is 7.44. The number of methoxy groups -OCH3 is 1. The van der Waals surface area contributed by atoms with Gasteiger partial charge in [-0.3, -0.25) is 9.78 Å². The van der Waals surface area contributed by atoms with Crippen LogP contribution in [-0.4, -0.2) is 23.5 Å². The van der Waals surface area contributed by atoms with Crippen molar-refractivity contribution in [1.82, 2.24) is 4.98 Å². The average molecular weight is 221 g/mol. The molecule has 0 bridgehead atoms. The van der Waals surface area contributed by atoms with Gasteiger partial charge in [-0.1, -0.05) is 6.07 Å². The highest BCUT2D eigenvalue weighted by atomic mass is 16.5. The molecule has 0 spiro atoms. The van der Waals surface area contributed by atoms with Gasteiger partial charge in [0.25, 0.3) is 0 Å². The van der Waals surface area contributed by atoms with E-state index in [4.69, 9.17) is 4.74 Å². The van der Waals surface area contributed by atoms with Gasteiger partial charge in [-0.2, -0.15) is 0 Å². The number of carbonyl (C=O) groups is 1. The fraction of sp³-hybridized carbons (Fsp3) is 0.538. The Morgan fingerprint density at radius 1 is 1.44 bits per heavy atom. The maximum atomic E-state index is 11.8. The van der Waals surface area contributed by atoms with Crippen molar-refractivity contribution in [2.24, 2.45) is 0 Å². The zero-order chi connectivity index (χ0) is 12.2. The second-order valence-electron chi connectivity index (χ2n) is 4.55. The van der Waals surface area contributed by atoms with Gasteiger partial charge in [0.15, 0.2) is 5.78 Å². The van der Waals surface area contributed by atoms with Gasteiger partial charge in [-0.15, -0.1) is 0 Å². The van der Waals surface area contributed by atoms with Gasteiger partial charge in [0.2, 0.25) is 0 Å². The summed E-state index contributed by atoms with van der Waals surface area (Å²) in [5, 5.41) is 0. The SMILES string of the molecule is COC(C)(C)CCC(=O)c1cccc(C)n1. The Morgan fingerprint density at radius 3 is 2.69 bits per heavy atom. The van der Waals surface area contributed by atoms with E-state index in [0.29, 0.717) is 18.5 Å². The van der Waals surface area contributed by atoms with Crippen molar-refractivity contribution in [3.8, 4) is 0 Å². The summed E-state index contributed by atoms with van der Waals surface area (Å²) in [7, 11) is 1.66. The Labute approximate surface area is 96.8 Å². The van der Waals surface area contributed by atoms with E-state index in [9.17, 15) is 4.79 Å². The van der Waals surface area contributed by atoms with Crippen molar-refractivity contribution in [2.45, 2.75) is 39.2 Å². The Morgan fingerprint density at radius 2 is 2.12 bits per heavy atom. The number of Topliss-reactive ketones (excluding diaryl/α,β-unsaturated/α-hetero) is 1. The first-order valence-corrected chi connectivity index (χ1v) is 5.46. The highest BCUT2D eigenvalue weighted by Crippen LogP contribution is 2.17. The smallest absolute Gasteiger partial charge is 0.181 e. The van der Waals surface area contributed by atoms with Crippen LogP contribution in [0.2, 0.25) is 0 Å². The number of aryl methyl sites for hydroxylation is 1. The van der Waals surface area contributed by atoms with Crippen molar-refractivity contribution in [3.63, 3.8) is 0 Å². The van der Waals surface area contributed by atoms with E-state index >= 15 is 0 Å². The topological polar surface area (TPSA) is 39.2 Å². The summed E-state index contributed by atoms with van der Waals surface area (Å²) < 4.78 is 5.28. The molecule has 0 fully saturated rings. The zero-order valence-corrected chi connectivity index (χ0v) is 10.4. The van der Waals surface area contributed by atoms with E-state index in [-0.39, 0.29) is 11.4 Å². The number of pyridine rings is 1. The Bertz CT molecular complexity index is 372. The monoisotopic (exact) mass is 221 g/mol. The van der Waals surface area contributed by atoms with Crippen LogP contribution in [0.15, 0.2) is 18.2 Å². The number of ketones is 1. The third kappa shape index (κ3) is 3.74. The van der Waals surface area contributed by atoms with Crippen LogP contribution in [0, 0.1) is 6.92 Å². The summed E-state index contributed by atoms with van der Waals surface area (Å²) in [6, 6.07) is 5.50. The molecule has 0 aromatic carbocycles. The normalized spacial score (nSPS) is 11.5. The van der Waals surface area contributed by atoms with Gasteiger partial charge in [0, 0.05) is 19.2 Å². The molecule has 88 valence electrons. The first-order valence-electron chi connectivity index (χ1n) is 5.46. The lowest BCUT2D eigenvalue weighted by Crippen LogP contribution is -2.23. The van der Waals surface area contributed by atoms with Gasteiger partial charge in [0.1, 0.15) is 5.69 Å². The fourth-order valence-electron chi connectivity index (χ4n) is 1.34. The van der Waals surface area contributed by atoms with E-state index in [0.717, 1.165) is 5.69 Å². The van der Waals surface area contributed by atoms with Crippen LogP contribution in [0.1, 0.15) is 42.9 Å². The molecule has 0 atom stereocenters. The lowest BCUT2D eigenvalue weighted by Gasteiger charge is -2.22. The Balaban J connectivity index is 2.60. The van der Waals surface area contributed by atoms with Crippen LogP contribution in [0.5, 0.6) is 0 Å². The summed E-state index contributed by atoms with van der Waals surface area (Å²) >= 11 is 0. The quantitative estimate of drug-likeness (QED) is 0.718. The summed E-state index contributed by atoms with van der Waals surface area (Å²) in [4.78, 5) is 16.1. The predicted molar refractivity (Wildman–Crippen MR) is 63.6 cm³/mol. The molecule has 0 saturated heterocycles. The van der Waals surface area contributed by atoms with Crippen molar-refractivity contribution >= 4 is 5.78 Å². The van der Waals surface area contributed by atoms with Crippen molar-refractivity contribution in [1.29, 1.82) is 0 Å². The van der Waals surface area contributed by atoms with Crippen molar-refractivity contribution < 1.29 is 9.53 Å². The van der Waals surface area contributed by atoms with Crippen LogP contribution in [-0.2, 0) is 4.74 Å². The number of ether oxygens (including phenoxy) is 1. The molecular formula is C13H19NO2. The average Bonchev–Trinajstić information content (AvgIpc) is 2.26. The van der Waals surface area contributed by atoms with Crippen LogP contribution in [0.3, 0.4) is 0 Å². The Hall–Kier alpha value is -1.22. The van der Waals surface area contributed by atoms with Gasteiger partial charge in [0.05, 0.1) is 5.60 Å². The first kappa shape index (κ1) is 12.8. The lowest BCUT2D eigenvalue weighted by atomic mass is 9.99. The summed E-state index contributed by atoms with van der Waals surface area (Å²) in [5.74, 6) is 0.0776. The molecule has 1 rings (SSSR count). The summed E-state index contributed by atoms with van der Waals surface area (Å²) in [6.45, 7) is 5.84. The number of carbonyl (C=O) groups excluding carboxylic acids is 1. The number of aromatic nitrogens is 1. The number of hydrogen-bond acceptors (Lipinski definition) is 3. The van der Waals surface area contributed by atoms with Crippen LogP contribution in [0.4, 0.5) is 0 Å². The molecule has 0 N–H and O–H groups in total. The van der Waals surface area contributed by atoms with Crippen LogP contribution >= 0.6 is 0 Å². The lowest BCUT2D eigenvalue weighted by molar-refractivity contribution is 0.0141. The highest BCUT2D eigenvalue weighted by Gasteiger charge is 2.18. The molecule has 0 saturated carbocycles. The molecule has 3 nitrogen and oxygen atoms in total. The number of rotatable bonds is 5. The largest absolute Gasteiger partial charge is 0.379 e. The van der Waals surface area contributed by atoms with Crippen LogP contribution < -0.4 is 0 Å². The fourth-order valence-corrected chi connectivity index (χ4v) is 1.34. The van der Waals surface area contributed by atoms with Gasteiger partial charge < -0.3 is 4.74 Å².